The molecule has 3 aromatic heterocycles. The monoisotopic (exact) mass is 452 g/mol. The van der Waals surface area contributed by atoms with Gasteiger partial charge in [-0.05, 0) is 50.8 Å². The Balaban J connectivity index is 0.000000471. The summed E-state index contributed by atoms with van der Waals surface area (Å²) in [5.74, 6) is 1.79. The zero-order chi connectivity index (χ0) is 23.0. The van der Waals surface area contributed by atoms with Gasteiger partial charge in [0.25, 0.3) is 0 Å². The second kappa shape index (κ2) is 11.4. The number of nitrogens with zero attached hydrogens (tertiary/aromatic N) is 4. The van der Waals surface area contributed by atoms with Crippen LogP contribution in [0, 0.1) is 6.92 Å². The van der Waals surface area contributed by atoms with Crippen LogP contribution in [0.2, 0.25) is 0 Å². The molecule has 0 atom stereocenters. The van der Waals surface area contributed by atoms with E-state index in [1.54, 1.807) is 7.11 Å². The first kappa shape index (κ1) is 23.4. The van der Waals surface area contributed by atoms with Crippen molar-refractivity contribution < 1.29 is 9.84 Å². The molecule has 3 N–H and O–H groups in total. The predicted molar refractivity (Wildman–Crippen MR) is 132 cm³/mol. The molecule has 0 amide bonds. The number of anilines is 2. The highest BCUT2D eigenvalue weighted by Gasteiger charge is 2.20. The molecule has 8 heteroatoms. The second-order valence-corrected chi connectivity index (χ2v) is 8.90. The van der Waals surface area contributed by atoms with Crippen molar-refractivity contribution in [2.24, 2.45) is 0 Å². The molecule has 33 heavy (non-hydrogen) atoms. The van der Waals surface area contributed by atoms with E-state index >= 15 is 0 Å². The lowest BCUT2D eigenvalue weighted by Crippen LogP contribution is -2.17. The lowest BCUT2D eigenvalue weighted by molar-refractivity contribution is 0.135. The van der Waals surface area contributed by atoms with E-state index in [-0.39, 0.29) is 6.61 Å². The maximum atomic E-state index is 7.94. The molecule has 8 nitrogen and oxygen atoms in total. The second-order valence-electron chi connectivity index (χ2n) is 8.90. The normalized spacial score (nSPS) is 16.7. The first-order chi connectivity index (χ1) is 16.2. The van der Waals surface area contributed by atoms with Gasteiger partial charge in [0.2, 0.25) is 5.95 Å². The smallest absolute Gasteiger partial charge is 0.223 e. The fourth-order valence-electron chi connectivity index (χ4n) is 4.80. The Hall–Kier alpha value is -2.71. The van der Waals surface area contributed by atoms with Crippen LogP contribution in [-0.4, -0.2) is 57.1 Å². The number of ether oxygens (including phenoxy) is 1. The largest absolute Gasteiger partial charge is 0.394 e. The van der Waals surface area contributed by atoms with Gasteiger partial charge in [-0.25, -0.2) is 14.5 Å². The van der Waals surface area contributed by atoms with E-state index in [9.17, 15) is 0 Å². The molecule has 2 saturated carbocycles. The average molecular weight is 453 g/mol. The Bertz CT molecular complexity index is 1020. The summed E-state index contributed by atoms with van der Waals surface area (Å²) in [6, 6.07) is 9.40. The minimum atomic E-state index is 0.122. The zero-order valence-electron chi connectivity index (χ0n) is 19.8. The third-order valence-corrected chi connectivity index (χ3v) is 6.44. The molecule has 178 valence electrons. The van der Waals surface area contributed by atoms with Crippen molar-refractivity contribution in [1.29, 1.82) is 0 Å². The van der Waals surface area contributed by atoms with E-state index in [0.717, 1.165) is 34.2 Å². The molecule has 5 rings (SSSR count). The molecule has 3 heterocycles. The van der Waals surface area contributed by atoms with Crippen LogP contribution in [0.25, 0.3) is 16.8 Å². The SMILES string of the molecule is COCCO.Cc1nn2c(NC3CCCC3)cccc2c1-c1ccnc(NC2CCCC2)n1. The van der Waals surface area contributed by atoms with E-state index in [0.29, 0.717) is 18.7 Å². The zero-order valence-corrected chi connectivity index (χ0v) is 19.8. The molecular weight excluding hydrogens is 416 g/mol. The van der Waals surface area contributed by atoms with Crippen LogP contribution in [0.15, 0.2) is 30.5 Å². The lowest BCUT2D eigenvalue weighted by Gasteiger charge is -2.14. The maximum Gasteiger partial charge on any atom is 0.223 e. The van der Waals surface area contributed by atoms with Gasteiger partial charge in [-0.15, -0.1) is 0 Å². The van der Waals surface area contributed by atoms with Crippen molar-refractivity contribution in [2.75, 3.05) is 31.0 Å². The van der Waals surface area contributed by atoms with Gasteiger partial charge in [-0.3, -0.25) is 0 Å². The molecule has 0 saturated heterocycles. The van der Waals surface area contributed by atoms with Crippen molar-refractivity contribution in [3.05, 3.63) is 36.2 Å². The van der Waals surface area contributed by atoms with Gasteiger partial charge >= 0.3 is 0 Å². The fraction of sp³-hybridized carbons (Fsp3) is 0.560. The topological polar surface area (TPSA) is 96.6 Å². The molecule has 2 fully saturated rings. The van der Waals surface area contributed by atoms with Crippen LogP contribution in [0.4, 0.5) is 11.8 Å². The number of aromatic nitrogens is 4. The van der Waals surface area contributed by atoms with Gasteiger partial charge in [0, 0.05) is 31.0 Å². The van der Waals surface area contributed by atoms with E-state index < -0.39 is 0 Å². The minimum Gasteiger partial charge on any atom is -0.394 e. The molecule has 0 aliphatic heterocycles. The molecular formula is C25H36N6O2. The first-order valence-electron chi connectivity index (χ1n) is 12.1. The Kier molecular flexibility index (Phi) is 8.12. The van der Waals surface area contributed by atoms with E-state index in [1.807, 2.05) is 16.8 Å². The minimum absolute atomic E-state index is 0.122. The van der Waals surface area contributed by atoms with Crippen LogP contribution in [-0.2, 0) is 4.74 Å². The fourth-order valence-corrected chi connectivity index (χ4v) is 4.80. The molecule has 0 spiro atoms. The molecule has 0 radical (unpaired) electrons. The Morgan fingerprint density at radius 2 is 1.73 bits per heavy atom. The van der Waals surface area contributed by atoms with E-state index in [1.165, 1.54) is 51.4 Å². The van der Waals surface area contributed by atoms with E-state index in [4.69, 9.17) is 15.2 Å². The molecule has 2 aliphatic rings. The summed E-state index contributed by atoms with van der Waals surface area (Å²) < 4.78 is 6.48. The maximum absolute atomic E-state index is 7.94. The highest BCUT2D eigenvalue weighted by atomic mass is 16.5. The van der Waals surface area contributed by atoms with Crippen molar-refractivity contribution in [2.45, 2.75) is 70.4 Å². The van der Waals surface area contributed by atoms with Gasteiger partial charge in [-0.2, -0.15) is 5.10 Å². The van der Waals surface area contributed by atoms with Crippen molar-refractivity contribution in [3.8, 4) is 11.3 Å². The van der Waals surface area contributed by atoms with Gasteiger partial charge in [0.1, 0.15) is 5.82 Å². The number of aliphatic hydroxyl groups is 1. The standard InChI is InChI=1S/C22H28N6.C3H8O2/c1-15-21(18-13-14-23-22(26-18)25-17-9-4-5-10-17)19-11-6-12-20(28(19)27-15)24-16-7-2-3-8-16;1-5-3-2-4/h6,11-14,16-17,24H,2-5,7-10H2,1H3,(H,23,25,26);4H,2-3H2,1H3. The number of pyridine rings is 1. The van der Waals surface area contributed by atoms with Crippen molar-refractivity contribution in [1.82, 2.24) is 19.6 Å². The number of hydrogen-bond acceptors (Lipinski definition) is 7. The predicted octanol–water partition coefficient (Wildman–Crippen LogP) is 4.43. The highest BCUT2D eigenvalue weighted by molar-refractivity contribution is 5.81. The number of hydrogen-bond donors (Lipinski definition) is 3. The third kappa shape index (κ3) is 5.81. The summed E-state index contributed by atoms with van der Waals surface area (Å²) >= 11 is 0. The van der Waals surface area contributed by atoms with Crippen LogP contribution >= 0.6 is 0 Å². The van der Waals surface area contributed by atoms with Gasteiger partial charge in [0.15, 0.2) is 0 Å². The summed E-state index contributed by atoms with van der Waals surface area (Å²) in [4.78, 5) is 9.27. The number of fused-ring (bicyclic) bond motifs is 1. The van der Waals surface area contributed by atoms with Crippen LogP contribution < -0.4 is 10.6 Å². The highest BCUT2D eigenvalue weighted by Crippen LogP contribution is 2.30. The molecule has 2 aliphatic carbocycles. The number of aryl methyl sites for hydroxylation is 1. The van der Waals surface area contributed by atoms with Crippen LogP contribution in [0.5, 0.6) is 0 Å². The van der Waals surface area contributed by atoms with Crippen LogP contribution in [0.1, 0.15) is 57.1 Å². The number of rotatable bonds is 7. The number of aliphatic hydroxyl groups excluding tert-OH is 1. The van der Waals surface area contributed by atoms with Gasteiger partial charge < -0.3 is 20.5 Å². The summed E-state index contributed by atoms with van der Waals surface area (Å²) in [7, 11) is 1.55. The molecule has 0 unspecified atom stereocenters. The quantitative estimate of drug-likeness (QED) is 0.488. The Morgan fingerprint density at radius 1 is 1.03 bits per heavy atom. The Morgan fingerprint density at radius 3 is 2.36 bits per heavy atom. The molecule has 0 aromatic carbocycles. The number of nitrogens with one attached hydrogen (secondary N) is 2. The first-order valence-corrected chi connectivity index (χ1v) is 12.1. The van der Waals surface area contributed by atoms with Crippen molar-refractivity contribution in [3.63, 3.8) is 0 Å². The molecule has 0 bridgehead atoms. The average Bonchev–Trinajstić information content (AvgIpc) is 3.57. The van der Waals surface area contributed by atoms with E-state index in [2.05, 4.69) is 45.5 Å². The summed E-state index contributed by atoms with van der Waals surface area (Å²) in [6.07, 6.45) is 12.0. The summed E-state index contributed by atoms with van der Waals surface area (Å²) in [5.41, 5.74) is 4.10. The lowest BCUT2D eigenvalue weighted by atomic mass is 10.1. The number of methoxy groups -OCH3 is 1. The third-order valence-electron chi connectivity index (χ3n) is 6.44. The van der Waals surface area contributed by atoms with Gasteiger partial charge in [-0.1, -0.05) is 31.7 Å². The van der Waals surface area contributed by atoms with Crippen LogP contribution in [0.3, 0.4) is 0 Å². The summed E-state index contributed by atoms with van der Waals surface area (Å²) in [6.45, 7) is 2.63. The summed E-state index contributed by atoms with van der Waals surface area (Å²) in [5, 5.41) is 20.0. The molecule has 3 aromatic rings. The van der Waals surface area contributed by atoms with Gasteiger partial charge in [0.05, 0.1) is 30.1 Å². The van der Waals surface area contributed by atoms with Crippen molar-refractivity contribution >= 4 is 17.3 Å². The Labute approximate surface area is 195 Å².